The van der Waals surface area contributed by atoms with E-state index in [-0.39, 0.29) is 10.8 Å². The summed E-state index contributed by atoms with van der Waals surface area (Å²) in [4.78, 5) is 12.6. The number of amides is 1. The molecule has 0 spiro atoms. The van der Waals surface area contributed by atoms with Crippen LogP contribution in [0, 0.1) is 6.92 Å². The third-order valence-corrected chi connectivity index (χ3v) is 6.14. The molecule has 5 nitrogen and oxygen atoms in total. The van der Waals surface area contributed by atoms with Crippen LogP contribution in [-0.2, 0) is 14.8 Å². The molecule has 0 aromatic heterocycles. The number of carbonyl (C=O) groups is 1. The highest BCUT2D eigenvalue weighted by Gasteiger charge is 2.39. The van der Waals surface area contributed by atoms with Crippen molar-refractivity contribution in [2.75, 3.05) is 13.1 Å². The molecule has 1 aromatic carbocycles. The summed E-state index contributed by atoms with van der Waals surface area (Å²) in [6.45, 7) is 5.04. The molecule has 1 aliphatic heterocycles. The first-order valence-electron chi connectivity index (χ1n) is 8.33. The lowest BCUT2D eigenvalue weighted by atomic mass is 10.2. The molecule has 1 amide bonds. The molecule has 1 aromatic rings. The number of carbonyl (C=O) groups excluding carboxylic acids is 1. The lowest BCUT2D eigenvalue weighted by Crippen LogP contribution is -2.46. The van der Waals surface area contributed by atoms with Crippen molar-refractivity contribution in [3.8, 4) is 0 Å². The summed E-state index contributed by atoms with van der Waals surface area (Å²) in [5.74, 6) is -0.172. The average Bonchev–Trinajstić information content (AvgIpc) is 3.02. The van der Waals surface area contributed by atoms with Crippen LogP contribution in [0.3, 0.4) is 0 Å². The van der Waals surface area contributed by atoms with Gasteiger partial charge in [0, 0.05) is 13.1 Å². The van der Waals surface area contributed by atoms with E-state index in [9.17, 15) is 13.2 Å². The van der Waals surface area contributed by atoms with Crippen LogP contribution in [-0.4, -0.2) is 37.8 Å². The Balaban J connectivity index is 2.08. The van der Waals surface area contributed by atoms with E-state index in [0.29, 0.717) is 19.5 Å². The Labute approximate surface area is 139 Å². The van der Waals surface area contributed by atoms with Crippen molar-refractivity contribution in [2.45, 2.75) is 56.9 Å². The van der Waals surface area contributed by atoms with Crippen LogP contribution < -0.4 is 5.32 Å². The van der Waals surface area contributed by atoms with Gasteiger partial charge < -0.3 is 5.32 Å². The smallest absolute Gasteiger partial charge is 0.243 e. The maximum atomic E-state index is 12.8. The van der Waals surface area contributed by atoms with Gasteiger partial charge in [0.05, 0.1) is 4.90 Å². The van der Waals surface area contributed by atoms with Gasteiger partial charge in [-0.15, -0.1) is 0 Å². The third-order valence-electron chi connectivity index (χ3n) is 4.21. The van der Waals surface area contributed by atoms with Gasteiger partial charge in [-0.1, -0.05) is 37.5 Å². The Morgan fingerprint density at radius 3 is 2.61 bits per heavy atom. The minimum absolute atomic E-state index is 0.172. The fraction of sp³-hybridized carbons (Fsp3) is 0.588. The van der Waals surface area contributed by atoms with Crippen molar-refractivity contribution in [3.05, 3.63) is 29.8 Å². The van der Waals surface area contributed by atoms with Crippen LogP contribution >= 0.6 is 0 Å². The SMILES string of the molecule is CCCCCNC(=O)[C@@H]1CCCN1S(=O)(=O)c1ccc(C)cc1. The molecule has 1 fully saturated rings. The van der Waals surface area contributed by atoms with E-state index < -0.39 is 16.1 Å². The summed E-state index contributed by atoms with van der Waals surface area (Å²) in [7, 11) is -3.61. The Morgan fingerprint density at radius 2 is 1.96 bits per heavy atom. The normalized spacial score (nSPS) is 19.0. The van der Waals surface area contributed by atoms with Crippen LogP contribution in [0.1, 0.15) is 44.6 Å². The first kappa shape index (κ1) is 17.9. The molecule has 0 aliphatic carbocycles. The van der Waals surface area contributed by atoms with E-state index in [1.807, 2.05) is 6.92 Å². The summed E-state index contributed by atoms with van der Waals surface area (Å²) >= 11 is 0. The second kappa shape index (κ2) is 7.93. The van der Waals surface area contributed by atoms with E-state index >= 15 is 0 Å². The molecule has 1 atom stereocenters. The molecule has 6 heteroatoms. The summed E-state index contributed by atoms with van der Waals surface area (Å²) in [6.07, 6.45) is 4.39. The molecular formula is C17H26N2O3S. The summed E-state index contributed by atoms with van der Waals surface area (Å²) < 4.78 is 26.9. The van der Waals surface area contributed by atoms with E-state index in [4.69, 9.17) is 0 Å². The fourth-order valence-electron chi connectivity index (χ4n) is 2.84. The van der Waals surface area contributed by atoms with Crippen LogP contribution in [0.4, 0.5) is 0 Å². The predicted molar refractivity (Wildman–Crippen MR) is 90.6 cm³/mol. The highest BCUT2D eigenvalue weighted by molar-refractivity contribution is 7.89. The van der Waals surface area contributed by atoms with Gasteiger partial charge in [-0.05, 0) is 38.3 Å². The predicted octanol–water partition coefficient (Wildman–Crippen LogP) is 2.45. The fourth-order valence-corrected chi connectivity index (χ4v) is 4.50. The highest BCUT2D eigenvalue weighted by Crippen LogP contribution is 2.26. The number of rotatable bonds is 7. The number of hydrogen-bond acceptors (Lipinski definition) is 3. The molecule has 1 N–H and O–H groups in total. The van der Waals surface area contributed by atoms with Crippen molar-refractivity contribution in [2.24, 2.45) is 0 Å². The summed E-state index contributed by atoms with van der Waals surface area (Å²) in [5, 5.41) is 2.88. The quantitative estimate of drug-likeness (QED) is 0.777. The minimum Gasteiger partial charge on any atom is -0.355 e. The molecule has 0 radical (unpaired) electrons. The van der Waals surface area contributed by atoms with Gasteiger partial charge in [-0.2, -0.15) is 4.31 Å². The average molecular weight is 338 g/mol. The second-order valence-corrected chi connectivity index (χ2v) is 7.98. The standard InChI is InChI=1S/C17H26N2O3S/c1-3-4-5-12-18-17(20)16-7-6-13-19(16)23(21,22)15-10-8-14(2)9-11-15/h8-11,16H,3-7,12-13H2,1-2H3,(H,18,20)/t16-/m0/s1. The molecule has 1 saturated heterocycles. The van der Waals surface area contributed by atoms with Gasteiger partial charge in [0.2, 0.25) is 15.9 Å². The van der Waals surface area contributed by atoms with Gasteiger partial charge in [0.1, 0.15) is 6.04 Å². The van der Waals surface area contributed by atoms with Crippen molar-refractivity contribution in [1.29, 1.82) is 0 Å². The Morgan fingerprint density at radius 1 is 1.26 bits per heavy atom. The number of unbranched alkanes of at least 4 members (excludes halogenated alkanes) is 2. The van der Waals surface area contributed by atoms with Crippen molar-refractivity contribution in [3.63, 3.8) is 0 Å². The molecule has 128 valence electrons. The van der Waals surface area contributed by atoms with Gasteiger partial charge in [0.15, 0.2) is 0 Å². The second-order valence-electron chi connectivity index (χ2n) is 6.08. The van der Waals surface area contributed by atoms with Crippen LogP contribution in [0.15, 0.2) is 29.2 Å². The van der Waals surface area contributed by atoms with Gasteiger partial charge in [-0.25, -0.2) is 8.42 Å². The molecule has 0 unspecified atom stereocenters. The number of nitrogens with one attached hydrogen (secondary N) is 1. The zero-order valence-electron chi connectivity index (χ0n) is 13.9. The maximum Gasteiger partial charge on any atom is 0.243 e. The van der Waals surface area contributed by atoms with E-state index in [1.54, 1.807) is 24.3 Å². The Hall–Kier alpha value is -1.40. The van der Waals surface area contributed by atoms with Crippen LogP contribution in [0.5, 0.6) is 0 Å². The minimum atomic E-state index is -3.61. The number of aryl methyl sites for hydroxylation is 1. The summed E-state index contributed by atoms with van der Waals surface area (Å²) in [5.41, 5.74) is 1.01. The van der Waals surface area contributed by atoms with Crippen molar-refractivity contribution < 1.29 is 13.2 Å². The monoisotopic (exact) mass is 338 g/mol. The number of hydrogen-bond donors (Lipinski definition) is 1. The number of nitrogens with zero attached hydrogens (tertiary/aromatic N) is 1. The van der Waals surface area contributed by atoms with Crippen LogP contribution in [0.2, 0.25) is 0 Å². The Bertz CT molecular complexity index is 626. The molecule has 0 bridgehead atoms. The van der Waals surface area contributed by atoms with E-state index in [1.165, 1.54) is 4.31 Å². The largest absolute Gasteiger partial charge is 0.355 e. The van der Waals surface area contributed by atoms with E-state index in [0.717, 1.165) is 31.2 Å². The molecule has 2 rings (SSSR count). The number of benzene rings is 1. The van der Waals surface area contributed by atoms with Crippen molar-refractivity contribution >= 4 is 15.9 Å². The summed E-state index contributed by atoms with van der Waals surface area (Å²) in [6, 6.07) is 6.20. The zero-order valence-corrected chi connectivity index (χ0v) is 14.7. The molecule has 1 aliphatic rings. The topological polar surface area (TPSA) is 66.5 Å². The lowest BCUT2D eigenvalue weighted by Gasteiger charge is -2.23. The van der Waals surface area contributed by atoms with Gasteiger partial charge >= 0.3 is 0 Å². The van der Waals surface area contributed by atoms with Crippen LogP contribution in [0.25, 0.3) is 0 Å². The molecule has 23 heavy (non-hydrogen) atoms. The Kier molecular flexibility index (Phi) is 6.18. The van der Waals surface area contributed by atoms with Crippen molar-refractivity contribution in [1.82, 2.24) is 9.62 Å². The first-order chi connectivity index (χ1) is 11.0. The van der Waals surface area contributed by atoms with Gasteiger partial charge in [0.25, 0.3) is 0 Å². The first-order valence-corrected chi connectivity index (χ1v) is 9.77. The maximum absolute atomic E-state index is 12.8. The molecule has 0 saturated carbocycles. The lowest BCUT2D eigenvalue weighted by molar-refractivity contribution is -0.124. The molecule has 1 heterocycles. The van der Waals surface area contributed by atoms with Gasteiger partial charge in [-0.3, -0.25) is 4.79 Å². The molecular weight excluding hydrogens is 312 g/mol. The van der Waals surface area contributed by atoms with E-state index in [2.05, 4.69) is 12.2 Å². The third kappa shape index (κ3) is 4.32. The zero-order chi connectivity index (χ0) is 16.9. The highest BCUT2D eigenvalue weighted by atomic mass is 32.2. The number of sulfonamides is 1.